The first kappa shape index (κ1) is 23.9. The highest BCUT2D eigenvalue weighted by molar-refractivity contribution is 7.92. The van der Waals surface area contributed by atoms with E-state index in [9.17, 15) is 18.0 Å². The molecule has 29 heavy (non-hydrogen) atoms. The number of nitrogens with zero attached hydrogens (tertiary/aromatic N) is 1. The van der Waals surface area contributed by atoms with Gasteiger partial charge in [0.15, 0.2) is 0 Å². The molecule has 0 aliphatic rings. The number of para-hydroxylation sites is 1. The van der Waals surface area contributed by atoms with Crippen molar-refractivity contribution >= 4 is 27.6 Å². The number of rotatable bonds is 9. The lowest BCUT2D eigenvalue weighted by molar-refractivity contribution is -0.137. The molecule has 0 atom stereocenters. The zero-order chi connectivity index (χ0) is 21.9. The van der Waals surface area contributed by atoms with E-state index in [0.717, 1.165) is 5.56 Å². The van der Waals surface area contributed by atoms with Crippen LogP contribution >= 0.6 is 0 Å². The van der Waals surface area contributed by atoms with E-state index in [4.69, 9.17) is 10.2 Å². The van der Waals surface area contributed by atoms with Crippen molar-refractivity contribution in [1.82, 2.24) is 0 Å². The zero-order valence-electron chi connectivity index (χ0n) is 16.2. The van der Waals surface area contributed by atoms with E-state index in [1.807, 2.05) is 6.92 Å². The molecule has 0 saturated carbocycles. The van der Waals surface area contributed by atoms with Gasteiger partial charge in [-0.1, -0.05) is 42.0 Å². The van der Waals surface area contributed by atoms with Crippen LogP contribution < -0.4 is 4.31 Å². The molecule has 0 amide bonds. The van der Waals surface area contributed by atoms with Gasteiger partial charge in [-0.05, 0) is 37.6 Å². The molecule has 7 nitrogen and oxygen atoms in total. The SMILES string of the molecule is C=CCC(=O)O.Cc1ccc(S(=O)(=O)N(CCCC(=O)O)c2ccccc2)cc1. The third-order valence-corrected chi connectivity index (χ3v) is 5.57. The largest absolute Gasteiger partial charge is 0.481 e. The molecule has 0 radical (unpaired) electrons. The van der Waals surface area contributed by atoms with Gasteiger partial charge in [-0.3, -0.25) is 13.9 Å². The first-order chi connectivity index (χ1) is 13.7. The summed E-state index contributed by atoms with van der Waals surface area (Å²) in [6, 6.07) is 15.3. The molecule has 0 spiro atoms. The van der Waals surface area contributed by atoms with Crippen molar-refractivity contribution in [2.45, 2.75) is 31.1 Å². The maximum absolute atomic E-state index is 12.9. The number of aryl methyl sites for hydroxylation is 1. The first-order valence-corrected chi connectivity index (χ1v) is 10.3. The van der Waals surface area contributed by atoms with Crippen LogP contribution in [0.4, 0.5) is 5.69 Å². The van der Waals surface area contributed by atoms with Gasteiger partial charge < -0.3 is 10.2 Å². The second kappa shape index (κ2) is 11.7. The van der Waals surface area contributed by atoms with E-state index in [0.29, 0.717) is 5.69 Å². The molecule has 0 aromatic heterocycles. The molecule has 0 fully saturated rings. The summed E-state index contributed by atoms with van der Waals surface area (Å²) in [4.78, 5) is 20.4. The Bertz CT molecular complexity index is 908. The molecule has 2 aromatic rings. The van der Waals surface area contributed by atoms with Crippen molar-refractivity contribution in [3.05, 3.63) is 72.8 Å². The average Bonchev–Trinajstić information content (AvgIpc) is 2.66. The van der Waals surface area contributed by atoms with Crippen molar-refractivity contribution in [1.29, 1.82) is 0 Å². The lowest BCUT2D eigenvalue weighted by Crippen LogP contribution is -2.32. The summed E-state index contributed by atoms with van der Waals surface area (Å²) in [6.07, 6.45) is 1.57. The predicted octanol–water partition coefficient (Wildman–Crippen LogP) is 3.70. The molecule has 0 saturated heterocycles. The monoisotopic (exact) mass is 419 g/mol. The lowest BCUT2D eigenvalue weighted by atomic mass is 10.2. The second-order valence-electron chi connectivity index (χ2n) is 6.11. The van der Waals surface area contributed by atoms with Crippen LogP contribution in [0.3, 0.4) is 0 Å². The number of benzene rings is 2. The van der Waals surface area contributed by atoms with Gasteiger partial charge in [0.25, 0.3) is 10.0 Å². The van der Waals surface area contributed by atoms with Gasteiger partial charge in [-0.15, -0.1) is 6.58 Å². The summed E-state index contributed by atoms with van der Waals surface area (Å²) in [7, 11) is -3.73. The fourth-order valence-corrected chi connectivity index (χ4v) is 3.82. The third kappa shape index (κ3) is 8.18. The fourth-order valence-electron chi connectivity index (χ4n) is 2.32. The maximum Gasteiger partial charge on any atom is 0.307 e. The van der Waals surface area contributed by atoms with E-state index in [-0.39, 0.29) is 30.7 Å². The fraction of sp³-hybridized carbons (Fsp3) is 0.238. The summed E-state index contributed by atoms with van der Waals surface area (Å²) < 4.78 is 27.1. The molecule has 0 aliphatic heterocycles. The van der Waals surface area contributed by atoms with Crippen LogP contribution in [0.1, 0.15) is 24.8 Å². The number of carboxylic acid groups (broad SMARTS) is 2. The van der Waals surface area contributed by atoms with Gasteiger partial charge in [0.1, 0.15) is 0 Å². The molecule has 0 unspecified atom stereocenters. The quantitative estimate of drug-likeness (QED) is 0.599. The minimum absolute atomic E-state index is 0.0556. The summed E-state index contributed by atoms with van der Waals surface area (Å²) in [5, 5.41) is 16.6. The van der Waals surface area contributed by atoms with Crippen molar-refractivity contribution < 1.29 is 28.2 Å². The van der Waals surface area contributed by atoms with Gasteiger partial charge >= 0.3 is 11.9 Å². The Morgan fingerprint density at radius 1 is 1.00 bits per heavy atom. The molecule has 2 N–H and O–H groups in total. The van der Waals surface area contributed by atoms with Gasteiger partial charge in [0, 0.05) is 13.0 Å². The molecule has 2 rings (SSSR count). The second-order valence-corrected chi connectivity index (χ2v) is 7.97. The molecule has 0 heterocycles. The minimum Gasteiger partial charge on any atom is -0.481 e. The predicted molar refractivity (Wildman–Crippen MR) is 111 cm³/mol. The lowest BCUT2D eigenvalue weighted by Gasteiger charge is -2.24. The highest BCUT2D eigenvalue weighted by Crippen LogP contribution is 2.24. The number of carboxylic acids is 2. The molecular weight excluding hydrogens is 394 g/mol. The standard InChI is InChI=1S/C17H19NO4S.C4H6O2/c1-14-9-11-16(12-10-14)23(21,22)18(13-5-8-17(19)20)15-6-3-2-4-7-15;1-2-3-4(5)6/h2-4,6-7,9-12H,5,8,13H2,1H3,(H,19,20);2H,1,3H2,(H,5,6). The Balaban J connectivity index is 0.000000612. The Labute approximate surface area is 171 Å². The van der Waals surface area contributed by atoms with Gasteiger partial charge in [0.2, 0.25) is 0 Å². The molecular formula is C21H25NO6S. The highest BCUT2D eigenvalue weighted by Gasteiger charge is 2.24. The van der Waals surface area contributed by atoms with E-state index >= 15 is 0 Å². The topological polar surface area (TPSA) is 112 Å². The highest BCUT2D eigenvalue weighted by atomic mass is 32.2. The van der Waals surface area contributed by atoms with Crippen LogP contribution in [-0.4, -0.2) is 37.1 Å². The van der Waals surface area contributed by atoms with Gasteiger partial charge in [-0.2, -0.15) is 0 Å². The van der Waals surface area contributed by atoms with Crippen molar-refractivity contribution in [2.75, 3.05) is 10.8 Å². The normalized spacial score (nSPS) is 10.4. The maximum atomic E-state index is 12.9. The van der Waals surface area contributed by atoms with E-state index in [1.165, 1.54) is 10.4 Å². The number of hydrogen-bond donors (Lipinski definition) is 2. The Hall–Kier alpha value is -3.13. The van der Waals surface area contributed by atoms with Gasteiger partial charge in [-0.25, -0.2) is 8.42 Å². The number of hydrogen-bond acceptors (Lipinski definition) is 4. The smallest absolute Gasteiger partial charge is 0.307 e. The minimum atomic E-state index is -3.73. The van der Waals surface area contributed by atoms with Gasteiger partial charge in [0.05, 0.1) is 17.0 Å². The van der Waals surface area contributed by atoms with Crippen LogP contribution in [0.15, 0.2) is 72.1 Å². The average molecular weight is 419 g/mol. The van der Waals surface area contributed by atoms with E-state index < -0.39 is 22.0 Å². The molecule has 0 aliphatic carbocycles. The number of carbonyl (C=O) groups is 2. The Morgan fingerprint density at radius 2 is 1.59 bits per heavy atom. The number of anilines is 1. The summed E-state index contributed by atoms with van der Waals surface area (Å²) in [5.41, 5.74) is 1.50. The zero-order valence-corrected chi connectivity index (χ0v) is 17.0. The van der Waals surface area contributed by atoms with Crippen LogP contribution in [0, 0.1) is 6.92 Å². The number of aliphatic carboxylic acids is 2. The van der Waals surface area contributed by atoms with Crippen LogP contribution in [0.2, 0.25) is 0 Å². The molecule has 0 bridgehead atoms. The van der Waals surface area contributed by atoms with E-state index in [1.54, 1.807) is 54.6 Å². The van der Waals surface area contributed by atoms with Crippen molar-refractivity contribution in [2.24, 2.45) is 0 Å². The van der Waals surface area contributed by atoms with Crippen LogP contribution in [0.5, 0.6) is 0 Å². The van der Waals surface area contributed by atoms with Crippen molar-refractivity contribution in [3.63, 3.8) is 0 Å². The summed E-state index contributed by atoms with van der Waals surface area (Å²) in [5.74, 6) is -1.77. The molecule has 2 aromatic carbocycles. The van der Waals surface area contributed by atoms with Crippen molar-refractivity contribution in [3.8, 4) is 0 Å². The van der Waals surface area contributed by atoms with Crippen LogP contribution in [-0.2, 0) is 19.6 Å². The molecule has 8 heteroatoms. The van der Waals surface area contributed by atoms with E-state index in [2.05, 4.69) is 6.58 Å². The summed E-state index contributed by atoms with van der Waals surface area (Å²) in [6.45, 7) is 5.22. The Morgan fingerprint density at radius 3 is 2.03 bits per heavy atom. The third-order valence-electron chi connectivity index (χ3n) is 3.72. The van der Waals surface area contributed by atoms with Crippen LogP contribution in [0.25, 0.3) is 0 Å². The summed E-state index contributed by atoms with van der Waals surface area (Å²) >= 11 is 0. The number of sulfonamides is 1. The Kier molecular flexibility index (Phi) is 9.61. The molecule has 156 valence electrons. The first-order valence-electron chi connectivity index (χ1n) is 8.87.